The summed E-state index contributed by atoms with van der Waals surface area (Å²) in [5.74, 6) is 0.554. The van der Waals surface area contributed by atoms with E-state index in [1.54, 1.807) is 6.07 Å². The van der Waals surface area contributed by atoms with Gasteiger partial charge in [-0.3, -0.25) is 0 Å². The van der Waals surface area contributed by atoms with Crippen molar-refractivity contribution in [1.29, 1.82) is 0 Å². The molecule has 1 aliphatic heterocycles. The van der Waals surface area contributed by atoms with Gasteiger partial charge in [-0.05, 0) is 25.0 Å². The third-order valence-corrected chi connectivity index (χ3v) is 4.22. The van der Waals surface area contributed by atoms with Gasteiger partial charge in [-0.2, -0.15) is 13.2 Å². The van der Waals surface area contributed by atoms with Crippen molar-refractivity contribution >= 4 is 17.4 Å². The number of nitrogens with zero attached hydrogens (tertiary/aromatic N) is 3. The lowest BCUT2D eigenvalue weighted by molar-refractivity contribution is -0.137. The van der Waals surface area contributed by atoms with E-state index in [2.05, 4.69) is 9.97 Å². The van der Waals surface area contributed by atoms with Crippen LogP contribution in [0.4, 0.5) is 23.4 Å². The average Bonchev–Trinajstić information content (AvgIpc) is 2.54. The van der Waals surface area contributed by atoms with Gasteiger partial charge in [-0.1, -0.05) is 17.7 Å². The molecule has 1 atom stereocenters. The quantitative estimate of drug-likeness (QED) is 0.724. The molecule has 0 N–H and O–H groups in total. The normalized spacial score (nSPS) is 18.7. The van der Waals surface area contributed by atoms with Crippen LogP contribution in [0.25, 0.3) is 11.3 Å². The maximum atomic E-state index is 13.5. The summed E-state index contributed by atoms with van der Waals surface area (Å²) in [4.78, 5) is 10.0. The molecule has 128 valence electrons. The van der Waals surface area contributed by atoms with Crippen LogP contribution in [0.5, 0.6) is 0 Å². The van der Waals surface area contributed by atoms with E-state index in [9.17, 15) is 17.6 Å². The van der Waals surface area contributed by atoms with E-state index in [1.807, 2.05) is 4.90 Å². The molecule has 2 heterocycles. The Hall–Kier alpha value is -1.89. The Balaban J connectivity index is 1.90. The van der Waals surface area contributed by atoms with Gasteiger partial charge < -0.3 is 4.90 Å². The van der Waals surface area contributed by atoms with Gasteiger partial charge in [0.1, 0.15) is 18.3 Å². The van der Waals surface area contributed by atoms with Crippen molar-refractivity contribution in [3.05, 3.63) is 41.2 Å². The Morgan fingerprint density at radius 3 is 2.62 bits per heavy atom. The van der Waals surface area contributed by atoms with Crippen molar-refractivity contribution in [2.24, 2.45) is 0 Å². The van der Waals surface area contributed by atoms with Gasteiger partial charge in [-0.15, -0.1) is 0 Å². The summed E-state index contributed by atoms with van der Waals surface area (Å²) in [7, 11) is 0. The van der Waals surface area contributed by atoms with Crippen LogP contribution in [-0.2, 0) is 6.18 Å². The van der Waals surface area contributed by atoms with Crippen LogP contribution in [0.2, 0.25) is 5.02 Å². The number of hydrogen-bond donors (Lipinski definition) is 0. The molecule has 1 saturated heterocycles. The van der Waals surface area contributed by atoms with E-state index in [0.717, 1.165) is 12.5 Å². The van der Waals surface area contributed by atoms with Gasteiger partial charge >= 0.3 is 6.18 Å². The molecule has 8 heteroatoms. The highest BCUT2D eigenvalue weighted by Gasteiger charge is 2.33. The topological polar surface area (TPSA) is 29.0 Å². The molecule has 0 bridgehead atoms. The van der Waals surface area contributed by atoms with E-state index in [0.29, 0.717) is 30.0 Å². The van der Waals surface area contributed by atoms with Crippen molar-refractivity contribution in [1.82, 2.24) is 9.97 Å². The molecule has 3 rings (SSSR count). The largest absolute Gasteiger partial charge is 0.417 e. The number of halogens is 5. The van der Waals surface area contributed by atoms with Crippen molar-refractivity contribution in [3.8, 4) is 11.3 Å². The Labute approximate surface area is 141 Å². The van der Waals surface area contributed by atoms with E-state index in [4.69, 9.17) is 11.6 Å². The molecule has 1 aromatic carbocycles. The first kappa shape index (κ1) is 17.0. The molecule has 1 aromatic heterocycles. The minimum absolute atomic E-state index is 0.254. The third kappa shape index (κ3) is 3.61. The van der Waals surface area contributed by atoms with Gasteiger partial charge in [-0.25, -0.2) is 14.4 Å². The first-order valence-corrected chi connectivity index (χ1v) is 7.80. The van der Waals surface area contributed by atoms with E-state index in [1.165, 1.54) is 18.5 Å². The molecular formula is C16H14ClF4N3. The second-order valence-electron chi connectivity index (χ2n) is 5.64. The maximum Gasteiger partial charge on any atom is 0.417 e. The van der Waals surface area contributed by atoms with Crippen LogP contribution < -0.4 is 4.90 Å². The number of rotatable bonds is 2. The van der Waals surface area contributed by atoms with Crippen LogP contribution in [0.1, 0.15) is 18.4 Å². The number of piperidine rings is 1. The molecule has 3 nitrogen and oxygen atoms in total. The Morgan fingerprint density at radius 2 is 1.96 bits per heavy atom. The van der Waals surface area contributed by atoms with Crippen LogP contribution in [-0.4, -0.2) is 29.2 Å². The Morgan fingerprint density at radius 1 is 1.17 bits per heavy atom. The lowest BCUT2D eigenvalue weighted by atomic mass is 10.1. The standard InChI is InChI=1S/C16H14ClF4N3/c17-13-6-10(3-4-12(13)16(19,20)21)14-7-15(23-9-22-14)24-5-1-2-11(18)8-24/h3-4,6-7,9,11H,1-2,5,8H2. The predicted octanol–water partition coefficient (Wildman–Crippen LogP) is 4.75. The summed E-state index contributed by atoms with van der Waals surface area (Å²) in [6.45, 7) is 0.939. The summed E-state index contributed by atoms with van der Waals surface area (Å²) >= 11 is 5.75. The number of benzene rings is 1. The molecule has 1 unspecified atom stereocenters. The minimum atomic E-state index is -4.50. The van der Waals surface area contributed by atoms with Gasteiger partial charge in [0.25, 0.3) is 0 Å². The summed E-state index contributed by atoms with van der Waals surface area (Å²) in [5, 5.41) is -0.387. The highest BCUT2D eigenvalue weighted by atomic mass is 35.5. The fourth-order valence-electron chi connectivity index (χ4n) is 2.72. The highest BCUT2D eigenvalue weighted by molar-refractivity contribution is 6.31. The SMILES string of the molecule is FC1CCCN(c2cc(-c3ccc(C(F)(F)F)c(Cl)c3)ncn2)C1. The summed E-state index contributed by atoms with van der Waals surface area (Å²) in [6, 6.07) is 5.11. The van der Waals surface area contributed by atoms with Crippen molar-refractivity contribution in [2.45, 2.75) is 25.2 Å². The molecule has 0 radical (unpaired) electrons. The molecule has 24 heavy (non-hydrogen) atoms. The molecule has 2 aromatic rings. The predicted molar refractivity (Wildman–Crippen MR) is 83.8 cm³/mol. The second-order valence-corrected chi connectivity index (χ2v) is 6.05. The zero-order chi connectivity index (χ0) is 17.3. The number of alkyl halides is 4. The molecule has 0 amide bonds. The molecule has 0 aliphatic carbocycles. The van der Waals surface area contributed by atoms with E-state index < -0.39 is 17.9 Å². The fraction of sp³-hybridized carbons (Fsp3) is 0.375. The molecular weight excluding hydrogens is 346 g/mol. The van der Waals surface area contributed by atoms with E-state index >= 15 is 0 Å². The van der Waals surface area contributed by atoms with Crippen LogP contribution >= 0.6 is 11.6 Å². The van der Waals surface area contributed by atoms with E-state index in [-0.39, 0.29) is 11.6 Å². The molecule has 1 aliphatic rings. The summed E-state index contributed by atoms with van der Waals surface area (Å²) in [6.07, 6.45) is -2.83. The number of hydrogen-bond acceptors (Lipinski definition) is 3. The van der Waals surface area contributed by atoms with Crippen LogP contribution in [0.15, 0.2) is 30.6 Å². The second kappa shape index (κ2) is 6.55. The van der Waals surface area contributed by atoms with Crippen molar-refractivity contribution in [3.63, 3.8) is 0 Å². The zero-order valence-corrected chi connectivity index (χ0v) is 13.3. The van der Waals surface area contributed by atoms with Crippen LogP contribution in [0.3, 0.4) is 0 Å². The maximum absolute atomic E-state index is 13.5. The van der Waals surface area contributed by atoms with Gasteiger partial charge in [0, 0.05) is 18.2 Å². The Kier molecular flexibility index (Phi) is 4.62. The molecule has 0 spiro atoms. The molecule has 0 saturated carbocycles. The average molecular weight is 360 g/mol. The zero-order valence-electron chi connectivity index (χ0n) is 12.5. The smallest absolute Gasteiger partial charge is 0.354 e. The molecule has 1 fully saturated rings. The lowest BCUT2D eigenvalue weighted by Gasteiger charge is -2.30. The summed E-state index contributed by atoms with van der Waals surface area (Å²) in [5.41, 5.74) is 0.000520. The van der Waals surface area contributed by atoms with Gasteiger partial charge in [0.05, 0.1) is 22.8 Å². The third-order valence-electron chi connectivity index (χ3n) is 3.91. The van der Waals surface area contributed by atoms with Crippen LogP contribution in [0, 0.1) is 0 Å². The van der Waals surface area contributed by atoms with Gasteiger partial charge in [0.2, 0.25) is 0 Å². The minimum Gasteiger partial charge on any atom is -0.354 e. The highest BCUT2D eigenvalue weighted by Crippen LogP contribution is 2.36. The first-order valence-electron chi connectivity index (χ1n) is 7.43. The lowest BCUT2D eigenvalue weighted by Crippen LogP contribution is -2.36. The monoisotopic (exact) mass is 359 g/mol. The van der Waals surface area contributed by atoms with Crippen molar-refractivity contribution in [2.75, 3.05) is 18.0 Å². The Bertz CT molecular complexity index is 736. The number of aromatic nitrogens is 2. The fourth-order valence-corrected chi connectivity index (χ4v) is 3.00. The first-order chi connectivity index (χ1) is 11.3. The number of anilines is 1. The van der Waals surface area contributed by atoms with Crippen molar-refractivity contribution < 1.29 is 17.6 Å². The summed E-state index contributed by atoms with van der Waals surface area (Å²) < 4.78 is 51.9. The van der Waals surface area contributed by atoms with Gasteiger partial charge in [0.15, 0.2) is 0 Å².